The van der Waals surface area contributed by atoms with Crippen LogP contribution in [0.3, 0.4) is 0 Å². The molecule has 2 rings (SSSR count). The molecule has 1 aromatic rings. The number of carbonyl (C=O) groups excluding carboxylic acids is 1. The second-order valence-corrected chi connectivity index (χ2v) is 6.66. The number of rotatable bonds is 4. The van der Waals surface area contributed by atoms with Gasteiger partial charge in [0.25, 0.3) is 0 Å². The molecule has 1 aliphatic carbocycles. The fourth-order valence-electron chi connectivity index (χ4n) is 2.73. The van der Waals surface area contributed by atoms with E-state index in [1.807, 2.05) is 31.2 Å². The van der Waals surface area contributed by atoms with Gasteiger partial charge < -0.3 is 4.74 Å². The highest BCUT2D eigenvalue weighted by molar-refractivity contribution is 5.78. The van der Waals surface area contributed by atoms with E-state index in [4.69, 9.17) is 4.74 Å². The van der Waals surface area contributed by atoms with Gasteiger partial charge in [0.2, 0.25) is 0 Å². The summed E-state index contributed by atoms with van der Waals surface area (Å²) in [4.78, 5) is 12.2. The molecule has 2 nitrogen and oxygen atoms in total. The number of ether oxygens (including phenoxy) is 1. The molecule has 1 saturated carbocycles. The smallest absolute Gasteiger partial charge is 0.310 e. The van der Waals surface area contributed by atoms with Crippen LogP contribution in [-0.4, -0.2) is 5.97 Å². The Kier molecular flexibility index (Phi) is 4.03. The highest BCUT2D eigenvalue weighted by Crippen LogP contribution is 2.59. The molecule has 0 unspecified atom stereocenters. The number of aryl methyl sites for hydroxylation is 1. The Morgan fingerprint density at radius 2 is 1.85 bits per heavy atom. The summed E-state index contributed by atoms with van der Waals surface area (Å²) in [5, 5.41) is 0. The first-order valence-corrected chi connectivity index (χ1v) is 7.19. The van der Waals surface area contributed by atoms with Crippen molar-refractivity contribution in [2.45, 2.75) is 41.2 Å². The van der Waals surface area contributed by atoms with Crippen molar-refractivity contribution in [3.63, 3.8) is 0 Å². The van der Waals surface area contributed by atoms with Gasteiger partial charge in [0.1, 0.15) is 6.61 Å². The standard InChI is InChI=1S/C18H24O2/c1-12(2)10-15-16(18(15,4)5)17(19)20-11-14-8-6-13(3)7-9-14/h6-10,15-16H,11H2,1-5H3/t15-,16+/m1/s1. The minimum absolute atomic E-state index is 0.00264. The van der Waals surface area contributed by atoms with Crippen LogP contribution >= 0.6 is 0 Å². The largest absolute Gasteiger partial charge is 0.461 e. The van der Waals surface area contributed by atoms with Gasteiger partial charge in [-0.15, -0.1) is 0 Å². The molecule has 1 aromatic carbocycles. The van der Waals surface area contributed by atoms with Gasteiger partial charge in [-0.05, 0) is 37.7 Å². The van der Waals surface area contributed by atoms with Gasteiger partial charge in [0.15, 0.2) is 0 Å². The van der Waals surface area contributed by atoms with Crippen LogP contribution in [0, 0.1) is 24.2 Å². The van der Waals surface area contributed by atoms with E-state index in [9.17, 15) is 4.79 Å². The Hall–Kier alpha value is -1.57. The predicted molar refractivity (Wildman–Crippen MR) is 81.2 cm³/mol. The fraction of sp³-hybridized carbons (Fsp3) is 0.500. The van der Waals surface area contributed by atoms with E-state index >= 15 is 0 Å². The third-order valence-electron chi connectivity index (χ3n) is 4.18. The zero-order chi connectivity index (χ0) is 14.9. The monoisotopic (exact) mass is 272 g/mol. The van der Waals surface area contributed by atoms with E-state index in [1.54, 1.807) is 0 Å². The average Bonchev–Trinajstić information content (AvgIpc) is 2.89. The maximum Gasteiger partial charge on any atom is 0.310 e. The number of hydrogen-bond donors (Lipinski definition) is 0. The lowest BCUT2D eigenvalue weighted by molar-refractivity contribution is -0.147. The molecule has 108 valence electrons. The molecular formula is C18H24O2. The number of hydrogen-bond acceptors (Lipinski definition) is 2. The van der Waals surface area contributed by atoms with Crippen molar-refractivity contribution < 1.29 is 9.53 Å². The molecule has 0 N–H and O–H groups in total. The molecule has 0 saturated heterocycles. The second-order valence-electron chi connectivity index (χ2n) is 6.66. The van der Waals surface area contributed by atoms with Crippen LogP contribution in [-0.2, 0) is 16.1 Å². The Morgan fingerprint density at radius 3 is 2.40 bits per heavy atom. The summed E-state index contributed by atoms with van der Waals surface area (Å²) in [6.07, 6.45) is 2.19. The molecule has 0 radical (unpaired) electrons. The molecule has 1 aliphatic rings. The van der Waals surface area contributed by atoms with Crippen molar-refractivity contribution in [3.8, 4) is 0 Å². The van der Waals surface area contributed by atoms with Crippen LogP contribution in [0.4, 0.5) is 0 Å². The van der Waals surface area contributed by atoms with Crippen LogP contribution < -0.4 is 0 Å². The lowest BCUT2D eigenvalue weighted by Gasteiger charge is -2.06. The first-order chi connectivity index (χ1) is 9.32. The fourth-order valence-corrected chi connectivity index (χ4v) is 2.73. The van der Waals surface area contributed by atoms with Crippen molar-refractivity contribution in [2.75, 3.05) is 0 Å². The van der Waals surface area contributed by atoms with Crippen molar-refractivity contribution in [2.24, 2.45) is 17.3 Å². The molecule has 0 bridgehead atoms. The molecule has 0 aliphatic heterocycles. The SMILES string of the molecule is CC(C)=C[C@@H]1[C@@H](C(=O)OCc2ccc(C)cc2)C1(C)C. The molecule has 0 heterocycles. The summed E-state index contributed by atoms with van der Waals surface area (Å²) in [6, 6.07) is 8.09. The molecule has 1 fully saturated rings. The van der Waals surface area contributed by atoms with Crippen molar-refractivity contribution in [3.05, 3.63) is 47.0 Å². The van der Waals surface area contributed by atoms with E-state index in [0.29, 0.717) is 12.5 Å². The number of benzene rings is 1. The molecule has 2 atom stereocenters. The molecule has 0 aromatic heterocycles. The summed E-state index contributed by atoms with van der Waals surface area (Å²) >= 11 is 0. The van der Waals surface area contributed by atoms with Gasteiger partial charge in [-0.25, -0.2) is 0 Å². The van der Waals surface area contributed by atoms with Gasteiger partial charge in [-0.2, -0.15) is 0 Å². The van der Waals surface area contributed by atoms with E-state index in [1.165, 1.54) is 11.1 Å². The van der Waals surface area contributed by atoms with Crippen LogP contribution in [0.5, 0.6) is 0 Å². The Morgan fingerprint density at radius 1 is 1.25 bits per heavy atom. The third-order valence-corrected chi connectivity index (χ3v) is 4.18. The van der Waals surface area contributed by atoms with E-state index in [2.05, 4.69) is 33.8 Å². The number of allylic oxidation sites excluding steroid dienone is 2. The van der Waals surface area contributed by atoms with Gasteiger partial charge in [0, 0.05) is 0 Å². The first kappa shape index (κ1) is 14.8. The maximum atomic E-state index is 12.2. The summed E-state index contributed by atoms with van der Waals surface area (Å²) in [6.45, 7) is 10.8. The first-order valence-electron chi connectivity index (χ1n) is 7.19. The van der Waals surface area contributed by atoms with Crippen LogP contribution in [0.1, 0.15) is 38.8 Å². The van der Waals surface area contributed by atoms with E-state index < -0.39 is 0 Å². The topological polar surface area (TPSA) is 26.3 Å². The lowest BCUT2D eigenvalue weighted by Crippen LogP contribution is -2.10. The summed E-state index contributed by atoms with van der Waals surface area (Å²) in [5.74, 6) is 0.249. The van der Waals surface area contributed by atoms with Crippen LogP contribution in [0.25, 0.3) is 0 Å². The van der Waals surface area contributed by atoms with E-state index in [-0.39, 0.29) is 17.3 Å². The van der Waals surface area contributed by atoms with E-state index in [0.717, 1.165) is 5.56 Å². The zero-order valence-corrected chi connectivity index (χ0v) is 13.1. The average molecular weight is 272 g/mol. The summed E-state index contributed by atoms with van der Waals surface area (Å²) in [5.41, 5.74) is 3.55. The van der Waals surface area contributed by atoms with Crippen LogP contribution in [0.15, 0.2) is 35.9 Å². The van der Waals surface area contributed by atoms with Gasteiger partial charge in [-0.3, -0.25) is 4.79 Å². The molecule has 0 spiro atoms. The quantitative estimate of drug-likeness (QED) is 0.604. The third kappa shape index (κ3) is 3.12. The molecular weight excluding hydrogens is 248 g/mol. The number of esters is 1. The maximum absolute atomic E-state index is 12.2. The zero-order valence-electron chi connectivity index (χ0n) is 13.1. The lowest BCUT2D eigenvalue weighted by atomic mass is 10.1. The Balaban J connectivity index is 1.93. The summed E-state index contributed by atoms with van der Waals surface area (Å²) in [7, 11) is 0. The van der Waals surface area contributed by atoms with Crippen molar-refractivity contribution in [1.82, 2.24) is 0 Å². The second kappa shape index (κ2) is 5.43. The highest BCUT2D eigenvalue weighted by atomic mass is 16.5. The van der Waals surface area contributed by atoms with Crippen LogP contribution in [0.2, 0.25) is 0 Å². The van der Waals surface area contributed by atoms with Gasteiger partial charge >= 0.3 is 5.97 Å². The summed E-state index contributed by atoms with van der Waals surface area (Å²) < 4.78 is 5.47. The predicted octanol–water partition coefficient (Wildman–Crippen LogP) is 4.28. The molecule has 2 heteroatoms. The molecule has 0 amide bonds. The minimum Gasteiger partial charge on any atom is -0.461 e. The van der Waals surface area contributed by atoms with Gasteiger partial charge in [0.05, 0.1) is 5.92 Å². The van der Waals surface area contributed by atoms with Crippen molar-refractivity contribution >= 4 is 5.97 Å². The minimum atomic E-state index is -0.0712. The normalized spacial score (nSPS) is 23.1. The van der Waals surface area contributed by atoms with Gasteiger partial charge in [-0.1, -0.05) is 55.3 Å². The number of carbonyl (C=O) groups is 1. The highest BCUT2D eigenvalue weighted by Gasteiger charge is 2.61. The Bertz CT molecular complexity index is 519. The van der Waals surface area contributed by atoms with Crippen molar-refractivity contribution in [1.29, 1.82) is 0 Å². The Labute approximate surface area is 121 Å². The molecule has 20 heavy (non-hydrogen) atoms.